The Hall–Kier alpha value is -3.54. The largest absolute Gasteiger partial charge is 0.462 e. The summed E-state index contributed by atoms with van der Waals surface area (Å²) >= 11 is 1.18. The summed E-state index contributed by atoms with van der Waals surface area (Å²) in [4.78, 5) is 52.1. The third-order valence-corrected chi connectivity index (χ3v) is 6.47. The van der Waals surface area contributed by atoms with E-state index in [0.29, 0.717) is 11.1 Å². The molecule has 1 aromatic heterocycles. The van der Waals surface area contributed by atoms with Crippen LogP contribution < -0.4 is 15.4 Å². The van der Waals surface area contributed by atoms with Crippen LogP contribution in [0, 0.1) is 13.8 Å². The van der Waals surface area contributed by atoms with E-state index in [1.165, 1.54) is 42.5 Å². The molecule has 1 fully saturated rings. The standard InChI is InChI=1S/C22H23F2N3O6S/c1-5-32-18(29)16-11(2)12(3)34-17(16)25-15(28)10-27-19(30)22(4,26-21(27)31)13-6-8-14(9-7-13)33-20(23)24/h6-9,20H,5,10H2,1-4H3,(H,25,28)(H,26,31). The van der Waals surface area contributed by atoms with Gasteiger partial charge < -0.3 is 20.1 Å². The number of imide groups is 1. The van der Waals surface area contributed by atoms with Crippen molar-refractivity contribution in [1.29, 1.82) is 0 Å². The highest BCUT2D eigenvalue weighted by molar-refractivity contribution is 7.16. The van der Waals surface area contributed by atoms with Crippen molar-refractivity contribution in [3.8, 4) is 5.75 Å². The number of alkyl halides is 2. The van der Waals surface area contributed by atoms with Gasteiger partial charge in [-0.05, 0) is 51.0 Å². The lowest BCUT2D eigenvalue weighted by Gasteiger charge is -2.22. The van der Waals surface area contributed by atoms with Crippen LogP contribution in [0.25, 0.3) is 0 Å². The van der Waals surface area contributed by atoms with Crippen molar-refractivity contribution in [2.45, 2.75) is 39.8 Å². The molecule has 2 N–H and O–H groups in total. The van der Waals surface area contributed by atoms with Gasteiger partial charge in [-0.25, -0.2) is 9.59 Å². The van der Waals surface area contributed by atoms with Crippen LogP contribution in [-0.2, 0) is 19.9 Å². The zero-order chi connectivity index (χ0) is 25.2. The van der Waals surface area contributed by atoms with Crippen molar-refractivity contribution in [2.75, 3.05) is 18.5 Å². The maximum Gasteiger partial charge on any atom is 0.387 e. The number of halogens is 2. The first-order valence-corrected chi connectivity index (χ1v) is 11.1. The van der Waals surface area contributed by atoms with E-state index in [0.717, 1.165) is 9.78 Å². The highest BCUT2D eigenvalue weighted by atomic mass is 32.1. The molecule has 3 rings (SSSR count). The Morgan fingerprint density at radius 2 is 1.85 bits per heavy atom. The van der Waals surface area contributed by atoms with Gasteiger partial charge in [0.2, 0.25) is 5.91 Å². The van der Waals surface area contributed by atoms with E-state index in [1.807, 2.05) is 0 Å². The van der Waals surface area contributed by atoms with E-state index in [4.69, 9.17) is 4.74 Å². The number of amides is 4. The number of benzene rings is 1. The number of anilines is 1. The number of rotatable bonds is 8. The van der Waals surface area contributed by atoms with Gasteiger partial charge in [0.15, 0.2) is 0 Å². The number of nitrogens with one attached hydrogen (secondary N) is 2. The van der Waals surface area contributed by atoms with Gasteiger partial charge in [0.1, 0.15) is 22.8 Å². The molecule has 1 atom stereocenters. The van der Waals surface area contributed by atoms with Crippen molar-refractivity contribution in [1.82, 2.24) is 10.2 Å². The first-order valence-electron chi connectivity index (χ1n) is 10.2. The molecular weight excluding hydrogens is 472 g/mol. The Bertz CT molecular complexity index is 1130. The zero-order valence-electron chi connectivity index (χ0n) is 18.9. The summed E-state index contributed by atoms with van der Waals surface area (Å²) in [5.74, 6) is -2.06. The number of urea groups is 1. The monoisotopic (exact) mass is 495 g/mol. The fourth-order valence-electron chi connectivity index (χ4n) is 3.48. The summed E-state index contributed by atoms with van der Waals surface area (Å²) in [6.45, 7) is 3.20. The first-order chi connectivity index (χ1) is 16.0. The predicted molar refractivity (Wildman–Crippen MR) is 119 cm³/mol. The van der Waals surface area contributed by atoms with E-state index in [1.54, 1.807) is 20.8 Å². The molecule has 1 aliphatic rings. The number of thiophene rings is 1. The normalized spacial score (nSPS) is 17.7. The van der Waals surface area contributed by atoms with Gasteiger partial charge in [-0.2, -0.15) is 8.78 Å². The number of aryl methyl sites for hydroxylation is 1. The molecule has 1 saturated heterocycles. The lowest BCUT2D eigenvalue weighted by atomic mass is 9.92. The molecule has 34 heavy (non-hydrogen) atoms. The number of hydrogen-bond acceptors (Lipinski definition) is 7. The van der Waals surface area contributed by atoms with Gasteiger partial charge in [-0.1, -0.05) is 12.1 Å². The molecule has 1 aliphatic heterocycles. The second-order valence-corrected chi connectivity index (χ2v) is 8.83. The van der Waals surface area contributed by atoms with Crippen LogP contribution in [0.4, 0.5) is 18.6 Å². The Balaban J connectivity index is 1.75. The zero-order valence-corrected chi connectivity index (χ0v) is 19.7. The lowest BCUT2D eigenvalue weighted by Crippen LogP contribution is -2.42. The topological polar surface area (TPSA) is 114 Å². The summed E-state index contributed by atoms with van der Waals surface area (Å²) in [6, 6.07) is 4.46. The third-order valence-electron chi connectivity index (χ3n) is 5.35. The van der Waals surface area contributed by atoms with E-state index < -0.39 is 42.5 Å². The molecule has 12 heteroatoms. The van der Waals surface area contributed by atoms with Crippen molar-refractivity contribution >= 4 is 40.2 Å². The van der Waals surface area contributed by atoms with Crippen LogP contribution in [-0.4, -0.2) is 48.5 Å². The Morgan fingerprint density at radius 1 is 1.21 bits per heavy atom. The number of carbonyl (C=O) groups excluding carboxylic acids is 4. The van der Waals surface area contributed by atoms with E-state index in [9.17, 15) is 28.0 Å². The minimum absolute atomic E-state index is 0.103. The quantitative estimate of drug-likeness (QED) is 0.428. The molecule has 2 heterocycles. The average Bonchev–Trinajstić information content (AvgIpc) is 3.15. The van der Waals surface area contributed by atoms with Crippen molar-refractivity contribution < 1.29 is 37.4 Å². The molecule has 1 aromatic carbocycles. The molecule has 0 radical (unpaired) electrons. The van der Waals surface area contributed by atoms with Gasteiger partial charge in [0, 0.05) is 4.88 Å². The number of esters is 1. The summed E-state index contributed by atoms with van der Waals surface area (Å²) in [5, 5.41) is 5.39. The molecule has 0 spiro atoms. The second-order valence-electron chi connectivity index (χ2n) is 7.61. The Morgan fingerprint density at radius 3 is 2.44 bits per heavy atom. The maximum atomic E-state index is 13.0. The summed E-state index contributed by atoms with van der Waals surface area (Å²) in [7, 11) is 0. The molecule has 0 saturated carbocycles. The van der Waals surface area contributed by atoms with Gasteiger partial charge in [-0.15, -0.1) is 11.3 Å². The summed E-state index contributed by atoms with van der Waals surface area (Å²) < 4.78 is 34.1. The van der Waals surface area contributed by atoms with E-state index in [2.05, 4.69) is 15.4 Å². The van der Waals surface area contributed by atoms with Gasteiger partial charge in [0.05, 0.1) is 12.2 Å². The highest BCUT2D eigenvalue weighted by Crippen LogP contribution is 2.34. The third kappa shape index (κ3) is 4.86. The van der Waals surface area contributed by atoms with Gasteiger partial charge >= 0.3 is 18.6 Å². The summed E-state index contributed by atoms with van der Waals surface area (Å²) in [5.41, 5.74) is -0.289. The maximum absolute atomic E-state index is 13.0. The minimum Gasteiger partial charge on any atom is -0.462 e. The molecule has 9 nitrogen and oxygen atoms in total. The van der Waals surface area contributed by atoms with Crippen molar-refractivity contribution in [3.05, 3.63) is 45.8 Å². The van der Waals surface area contributed by atoms with Crippen LogP contribution >= 0.6 is 11.3 Å². The van der Waals surface area contributed by atoms with Crippen LogP contribution in [0.1, 0.15) is 40.2 Å². The number of carbonyl (C=O) groups is 4. The Kier molecular flexibility index (Phi) is 7.20. The summed E-state index contributed by atoms with van der Waals surface area (Å²) in [6.07, 6.45) is 0. The van der Waals surface area contributed by atoms with Crippen LogP contribution in [0.5, 0.6) is 5.75 Å². The highest BCUT2D eigenvalue weighted by Gasteiger charge is 2.49. The van der Waals surface area contributed by atoms with Crippen molar-refractivity contribution in [2.24, 2.45) is 0 Å². The van der Waals surface area contributed by atoms with E-state index >= 15 is 0 Å². The molecule has 1 unspecified atom stereocenters. The SMILES string of the molecule is CCOC(=O)c1c(NC(=O)CN2C(=O)NC(C)(c3ccc(OC(F)F)cc3)C2=O)sc(C)c1C. The molecule has 0 aliphatic carbocycles. The molecule has 2 aromatic rings. The van der Waals surface area contributed by atoms with Gasteiger partial charge in [-0.3, -0.25) is 14.5 Å². The molecule has 4 amide bonds. The first kappa shape index (κ1) is 25.1. The van der Waals surface area contributed by atoms with Crippen LogP contribution in [0.15, 0.2) is 24.3 Å². The number of hydrogen-bond donors (Lipinski definition) is 2. The number of nitrogens with zero attached hydrogens (tertiary/aromatic N) is 1. The second kappa shape index (κ2) is 9.75. The molecular formula is C22H23F2N3O6S. The fourth-order valence-corrected chi connectivity index (χ4v) is 4.54. The fraction of sp³-hybridized carbons (Fsp3) is 0.364. The Labute approximate surface area is 198 Å². The predicted octanol–water partition coefficient (Wildman–Crippen LogP) is 3.55. The van der Waals surface area contributed by atoms with Crippen molar-refractivity contribution in [3.63, 3.8) is 0 Å². The smallest absolute Gasteiger partial charge is 0.387 e. The molecule has 0 bridgehead atoms. The van der Waals surface area contributed by atoms with Gasteiger partial charge in [0.25, 0.3) is 5.91 Å². The molecule has 182 valence electrons. The number of ether oxygens (including phenoxy) is 2. The lowest BCUT2D eigenvalue weighted by molar-refractivity contribution is -0.133. The average molecular weight is 496 g/mol. The van der Waals surface area contributed by atoms with Crippen LogP contribution in [0.2, 0.25) is 0 Å². The van der Waals surface area contributed by atoms with E-state index in [-0.39, 0.29) is 22.9 Å². The van der Waals surface area contributed by atoms with Crippen LogP contribution in [0.3, 0.4) is 0 Å². The minimum atomic E-state index is -3.00.